The lowest BCUT2D eigenvalue weighted by atomic mass is 9.64. The fraction of sp³-hybridized carbons (Fsp3) is 0.852. The van der Waals surface area contributed by atoms with Crippen LogP contribution >= 0.6 is 0 Å². The monoisotopic (exact) mass is 489 g/mol. The number of carboxylic acids is 1. The van der Waals surface area contributed by atoms with E-state index in [0.29, 0.717) is 17.9 Å². The van der Waals surface area contributed by atoms with Crippen molar-refractivity contribution >= 4 is 11.8 Å². The van der Waals surface area contributed by atoms with E-state index >= 15 is 4.39 Å². The third-order valence-electron chi connectivity index (χ3n) is 10.3. The number of carboxylic acid groups (broad SMARTS) is 1. The number of hydrogen-bond acceptors (Lipinski definition) is 6. The number of nitrogens with zero attached hydrogens (tertiary/aromatic N) is 2. The van der Waals surface area contributed by atoms with Crippen LogP contribution in [0.3, 0.4) is 0 Å². The Morgan fingerprint density at radius 2 is 2.00 bits per heavy atom. The van der Waals surface area contributed by atoms with Gasteiger partial charge in [-0.25, -0.2) is 9.18 Å². The van der Waals surface area contributed by atoms with Crippen molar-refractivity contribution in [2.45, 2.75) is 107 Å². The Hall–Kier alpha value is -1.51. The molecule has 0 amide bonds. The molecule has 0 aromatic heterocycles. The Bertz CT molecular complexity index is 882. The summed E-state index contributed by atoms with van der Waals surface area (Å²) in [5, 5.41) is 13.3. The van der Waals surface area contributed by atoms with Crippen molar-refractivity contribution in [1.29, 1.82) is 0 Å². The number of ether oxygens (including phenoxy) is 1. The second-order valence-corrected chi connectivity index (χ2v) is 12.0. The van der Waals surface area contributed by atoms with E-state index < -0.39 is 36.0 Å². The summed E-state index contributed by atoms with van der Waals surface area (Å²) in [6, 6.07) is -0.151. The van der Waals surface area contributed by atoms with E-state index in [1.54, 1.807) is 6.20 Å². The highest BCUT2D eigenvalue weighted by molar-refractivity contribution is 6.18. The molecule has 3 saturated carbocycles. The Morgan fingerprint density at radius 3 is 2.77 bits per heavy atom. The lowest BCUT2D eigenvalue weighted by Crippen LogP contribution is -2.74. The van der Waals surface area contributed by atoms with Gasteiger partial charge in [-0.3, -0.25) is 4.79 Å². The van der Waals surface area contributed by atoms with Crippen LogP contribution in [-0.4, -0.2) is 89.3 Å². The highest BCUT2D eigenvalue weighted by Gasteiger charge is 2.60. The molecule has 6 rings (SSSR count). The minimum absolute atomic E-state index is 0.0222. The molecule has 7 nitrogen and oxygen atoms in total. The van der Waals surface area contributed by atoms with Crippen molar-refractivity contribution in [3.05, 3.63) is 11.8 Å². The van der Waals surface area contributed by atoms with Gasteiger partial charge < -0.3 is 25.0 Å². The van der Waals surface area contributed by atoms with Crippen LogP contribution in [-0.2, 0) is 14.3 Å². The van der Waals surface area contributed by atoms with Crippen LogP contribution in [0.5, 0.6) is 0 Å². The van der Waals surface area contributed by atoms with Gasteiger partial charge in [-0.05, 0) is 76.9 Å². The highest BCUT2D eigenvalue weighted by atomic mass is 19.1. The molecule has 3 aliphatic heterocycles. The zero-order valence-corrected chi connectivity index (χ0v) is 20.8. The van der Waals surface area contributed by atoms with Crippen molar-refractivity contribution in [2.75, 3.05) is 20.1 Å². The van der Waals surface area contributed by atoms with E-state index in [1.807, 2.05) is 0 Å². The summed E-state index contributed by atoms with van der Waals surface area (Å²) < 4.78 is 22.6. The third kappa shape index (κ3) is 4.04. The minimum Gasteiger partial charge on any atom is -0.478 e. The van der Waals surface area contributed by atoms with E-state index in [9.17, 15) is 14.7 Å². The number of rotatable bonds is 5. The second kappa shape index (κ2) is 9.42. The third-order valence-corrected chi connectivity index (χ3v) is 10.3. The van der Waals surface area contributed by atoms with Gasteiger partial charge in [-0.1, -0.05) is 19.3 Å². The number of carbonyl (C=O) groups excluding carboxylic acids is 1. The number of ketones is 1. The van der Waals surface area contributed by atoms with Crippen molar-refractivity contribution in [1.82, 2.24) is 15.1 Å². The molecular weight excluding hydrogens is 449 g/mol. The largest absolute Gasteiger partial charge is 0.478 e. The number of carbonyl (C=O) groups is 2. The summed E-state index contributed by atoms with van der Waals surface area (Å²) in [6.45, 7) is 1.85. The standard InChI is InChI=1S/C27H40FN3O4/c1-30-12-4-6-16(30)10-11-29-22-20(28)13-18-23-26(22)35-25-17-7-3-2-5-15(17)8-9-21(25)31(23)14-19(24(18)32)27(33)34/h14-18,20-23,25-26,29H,2-13H2,1H3,(H,33,34). The summed E-state index contributed by atoms with van der Waals surface area (Å²) in [4.78, 5) is 29.7. The molecule has 35 heavy (non-hydrogen) atoms. The van der Waals surface area contributed by atoms with Crippen LogP contribution in [0.4, 0.5) is 4.39 Å². The van der Waals surface area contributed by atoms with Gasteiger partial charge in [0.1, 0.15) is 11.7 Å². The van der Waals surface area contributed by atoms with Crippen molar-refractivity contribution in [3.63, 3.8) is 0 Å². The zero-order chi connectivity index (χ0) is 24.3. The normalized spacial score (nSPS) is 45.4. The first-order valence-corrected chi connectivity index (χ1v) is 13.9. The minimum atomic E-state index is -1.23. The average molecular weight is 490 g/mol. The number of halogens is 1. The van der Waals surface area contributed by atoms with Gasteiger partial charge >= 0.3 is 5.97 Å². The summed E-state index contributed by atoms with van der Waals surface area (Å²) in [7, 11) is 2.16. The number of fused-ring (bicyclic) bond motifs is 4. The molecule has 6 aliphatic rings. The predicted molar refractivity (Wildman–Crippen MR) is 129 cm³/mol. The number of aliphatic carboxylic acids is 1. The van der Waals surface area contributed by atoms with Crippen molar-refractivity contribution < 1.29 is 23.8 Å². The predicted octanol–water partition coefficient (Wildman–Crippen LogP) is 2.74. The van der Waals surface area contributed by atoms with Gasteiger partial charge in [0.15, 0.2) is 5.78 Å². The first-order valence-electron chi connectivity index (χ1n) is 13.9. The van der Waals surface area contributed by atoms with Gasteiger partial charge in [-0.2, -0.15) is 0 Å². The van der Waals surface area contributed by atoms with Crippen LogP contribution in [0.15, 0.2) is 11.8 Å². The molecule has 10 atom stereocenters. The molecule has 0 aromatic carbocycles. The van der Waals surface area contributed by atoms with Crippen LogP contribution in [0, 0.1) is 17.8 Å². The number of likely N-dealkylation sites (tertiary alicyclic amines) is 1. The van der Waals surface area contributed by atoms with Crippen molar-refractivity contribution in [3.8, 4) is 0 Å². The summed E-state index contributed by atoms with van der Waals surface area (Å²) in [5.41, 5.74) is -0.181. The number of Topliss-reactive ketones (excluding diaryl/α,β-unsaturated/α-hetero) is 1. The number of morpholine rings is 1. The van der Waals surface area contributed by atoms with Gasteiger partial charge in [0.05, 0.1) is 30.3 Å². The average Bonchev–Trinajstić information content (AvgIpc) is 3.26. The molecular formula is C27H40FN3O4. The van der Waals surface area contributed by atoms with Gasteiger partial charge in [0, 0.05) is 18.2 Å². The van der Waals surface area contributed by atoms with Crippen LogP contribution in [0.2, 0.25) is 0 Å². The maximum Gasteiger partial charge on any atom is 0.340 e. The van der Waals surface area contributed by atoms with E-state index in [1.165, 1.54) is 32.1 Å². The maximum absolute atomic E-state index is 15.8. The maximum atomic E-state index is 15.8. The smallest absolute Gasteiger partial charge is 0.340 e. The Morgan fingerprint density at radius 1 is 1.17 bits per heavy atom. The number of nitrogens with one attached hydrogen (secondary N) is 1. The van der Waals surface area contributed by atoms with Crippen molar-refractivity contribution in [2.24, 2.45) is 17.8 Å². The highest BCUT2D eigenvalue weighted by Crippen LogP contribution is 2.50. The number of alkyl halides is 1. The molecule has 5 fully saturated rings. The molecule has 0 spiro atoms. The van der Waals surface area contributed by atoms with Gasteiger partial charge in [0.2, 0.25) is 0 Å². The Labute approximate surface area is 207 Å². The fourth-order valence-corrected chi connectivity index (χ4v) is 8.51. The molecule has 2 saturated heterocycles. The van der Waals surface area contributed by atoms with Gasteiger partial charge in [0.25, 0.3) is 0 Å². The molecule has 2 N–H and O–H groups in total. The molecule has 3 heterocycles. The van der Waals surface area contributed by atoms with Crippen LogP contribution < -0.4 is 5.32 Å². The van der Waals surface area contributed by atoms with E-state index in [0.717, 1.165) is 38.8 Å². The lowest BCUT2D eigenvalue weighted by Gasteiger charge is -2.61. The SMILES string of the molecule is CN1CCCC1CCNC1C(F)CC2C(=O)C(C(=O)O)=CN3C4CCC5CCCCC5C4OC1C23. The molecule has 0 radical (unpaired) electrons. The summed E-state index contributed by atoms with van der Waals surface area (Å²) >= 11 is 0. The molecule has 10 unspecified atom stereocenters. The molecule has 0 bridgehead atoms. The molecule has 0 aromatic rings. The van der Waals surface area contributed by atoms with E-state index in [4.69, 9.17) is 4.74 Å². The Balaban J connectivity index is 1.29. The van der Waals surface area contributed by atoms with Gasteiger partial charge in [-0.15, -0.1) is 0 Å². The van der Waals surface area contributed by atoms with E-state index in [2.05, 4.69) is 22.2 Å². The summed E-state index contributed by atoms with van der Waals surface area (Å²) in [5.74, 6) is -1.20. The van der Waals surface area contributed by atoms with E-state index in [-0.39, 0.29) is 30.2 Å². The molecule has 3 aliphatic carbocycles. The first kappa shape index (κ1) is 23.9. The zero-order valence-electron chi connectivity index (χ0n) is 20.8. The quantitative estimate of drug-likeness (QED) is 0.575. The first-order chi connectivity index (χ1) is 16.9. The summed E-state index contributed by atoms with van der Waals surface area (Å²) in [6.07, 6.45) is 10.2. The van der Waals surface area contributed by atoms with Crippen LogP contribution in [0.1, 0.15) is 64.2 Å². The number of hydrogen-bond donors (Lipinski definition) is 2. The Kier molecular flexibility index (Phi) is 6.42. The second-order valence-electron chi connectivity index (χ2n) is 12.0. The molecule has 194 valence electrons. The van der Waals surface area contributed by atoms with Crippen LogP contribution in [0.25, 0.3) is 0 Å². The fourth-order valence-electron chi connectivity index (χ4n) is 8.51. The lowest BCUT2D eigenvalue weighted by molar-refractivity contribution is -0.220. The molecule has 8 heteroatoms. The topological polar surface area (TPSA) is 82.1 Å².